The van der Waals surface area contributed by atoms with Crippen LogP contribution in [0.1, 0.15) is 51.6 Å². The van der Waals surface area contributed by atoms with Gasteiger partial charge in [0, 0.05) is 19.7 Å². The van der Waals surface area contributed by atoms with Crippen molar-refractivity contribution in [3.63, 3.8) is 0 Å². The zero-order valence-corrected chi connectivity index (χ0v) is 11.8. The predicted molar refractivity (Wildman–Crippen MR) is 71.1 cm³/mol. The Hall–Kier alpha value is -0.900. The van der Waals surface area contributed by atoms with E-state index in [-0.39, 0.29) is 0 Å². The quantitative estimate of drug-likeness (QED) is 0.839. The summed E-state index contributed by atoms with van der Waals surface area (Å²) in [4.78, 5) is 0. The summed E-state index contributed by atoms with van der Waals surface area (Å²) in [5.41, 5.74) is 0.336. The van der Waals surface area contributed by atoms with Crippen molar-refractivity contribution in [2.45, 2.75) is 58.0 Å². The third-order valence-electron chi connectivity index (χ3n) is 4.30. The van der Waals surface area contributed by atoms with Crippen LogP contribution in [0.25, 0.3) is 0 Å². The number of nitrogens with zero attached hydrogens (tertiary/aromatic N) is 3. The van der Waals surface area contributed by atoms with E-state index in [9.17, 15) is 5.11 Å². The van der Waals surface area contributed by atoms with Crippen LogP contribution in [0.5, 0.6) is 0 Å². The van der Waals surface area contributed by atoms with Crippen LogP contribution in [-0.2, 0) is 13.5 Å². The van der Waals surface area contributed by atoms with Gasteiger partial charge in [-0.3, -0.25) is 4.68 Å². The van der Waals surface area contributed by atoms with Crippen molar-refractivity contribution in [1.82, 2.24) is 15.0 Å². The topological polar surface area (TPSA) is 50.9 Å². The van der Waals surface area contributed by atoms with Crippen molar-refractivity contribution in [3.8, 4) is 0 Å². The first-order valence-electron chi connectivity index (χ1n) is 7.06. The number of rotatable bonds is 3. The number of aromatic nitrogens is 3. The van der Waals surface area contributed by atoms with Crippen LogP contribution in [0.4, 0.5) is 0 Å². The van der Waals surface area contributed by atoms with E-state index in [1.54, 1.807) is 4.68 Å². The Morgan fingerprint density at radius 3 is 2.83 bits per heavy atom. The van der Waals surface area contributed by atoms with Gasteiger partial charge >= 0.3 is 0 Å². The molecule has 1 fully saturated rings. The molecule has 102 valence electrons. The lowest BCUT2D eigenvalue weighted by molar-refractivity contribution is 0.0227. The molecule has 1 aliphatic carbocycles. The number of aryl methyl sites for hydroxylation is 1. The van der Waals surface area contributed by atoms with Crippen molar-refractivity contribution in [2.24, 2.45) is 18.9 Å². The molecule has 2 unspecified atom stereocenters. The average Bonchev–Trinajstić information content (AvgIpc) is 2.58. The molecule has 1 aliphatic rings. The lowest BCUT2D eigenvalue weighted by Gasteiger charge is -2.26. The summed E-state index contributed by atoms with van der Waals surface area (Å²) in [5, 5.41) is 18.8. The molecule has 1 heterocycles. The Kier molecular flexibility index (Phi) is 4.05. The molecule has 4 nitrogen and oxygen atoms in total. The molecule has 2 atom stereocenters. The van der Waals surface area contributed by atoms with Crippen molar-refractivity contribution < 1.29 is 5.11 Å². The smallest absolute Gasteiger partial charge is 0.0855 e. The minimum absolute atomic E-state index is 0.570. The fourth-order valence-electron chi connectivity index (χ4n) is 3.07. The molecule has 0 amide bonds. The molecular formula is C14H25N3O. The highest BCUT2D eigenvalue weighted by Crippen LogP contribution is 2.35. The first-order valence-corrected chi connectivity index (χ1v) is 7.06. The first kappa shape index (κ1) is 13.5. The maximum absolute atomic E-state index is 10.7. The van der Waals surface area contributed by atoms with E-state index < -0.39 is 5.60 Å². The van der Waals surface area contributed by atoms with Gasteiger partial charge < -0.3 is 5.11 Å². The average molecular weight is 251 g/mol. The minimum atomic E-state index is -0.570. The molecule has 0 saturated heterocycles. The second-order valence-electron chi connectivity index (χ2n) is 6.22. The summed E-state index contributed by atoms with van der Waals surface area (Å²) in [6.07, 6.45) is 7.85. The normalized spacial score (nSPS) is 29.5. The molecular weight excluding hydrogens is 226 g/mol. The Morgan fingerprint density at radius 1 is 1.44 bits per heavy atom. The predicted octanol–water partition coefficient (Wildman–Crippen LogP) is 2.33. The monoisotopic (exact) mass is 251 g/mol. The van der Waals surface area contributed by atoms with Crippen LogP contribution in [0.3, 0.4) is 0 Å². The van der Waals surface area contributed by atoms with Gasteiger partial charge in [0.25, 0.3) is 0 Å². The summed E-state index contributed by atoms with van der Waals surface area (Å²) < 4.78 is 1.70. The fourth-order valence-corrected chi connectivity index (χ4v) is 3.07. The largest absolute Gasteiger partial charge is 0.389 e. The van der Waals surface area contributed by atoms with Gasteiger partial charge in [0.05, 0.1) is 11.3 Å². The van der Waals surface area contributed by atoms with E-state index >= 15 is 0 Å². The number of aliphatic hydroxyl groups is 1. The van der Waals surface area contributed by atoms with Crippen molar-refractivity contribution in [1.29, 1.82) is 0 Å². The molecule has 1 saturated carbocycles. The highest BCUT2D eigenvalue weighted by molar-refractivity contribution is 5.00. The van der Waals surface area contributed by atoms with Gasteiger partial charge in [0.15, 0.2) is 0 Å². The fraction of sp³-hybridized carbons (Fsp3) is 0.857. The van der Waals surface area contributed by atoms with E-state index in [2.05, 4.69) is 24.2 Å². The Labute approximate surface area is 109 Å². The third-order valence-corrected chi connectivity index (χ3v) is 4.30. The summed E-state index contributed by atoms with van der Waals surface area (Å²) >= 11 is 0. The van der Waals surface area contributed by atoms with Gasteiger partial charge in [0.1, 0.15) is 0 Å². The molecule has 1 N–H and O–H groups in total. The Morgan fingerprint density at radius 2 is 2.22 bits per heavy atom. The molecule has 18 heavy (non-hydrogen) atoms. The van der Waals surface area contributed by atoms with E-state index in [1.165, 1.54) is 6.42 Å². The molecule has 0 aromatic carbocycles. The molecule has 0 radical (unpaired) electrons. The van der Waals surface area contributed by atoms with Gasteiger partial charge in [-0.15, -0.1) is 5.10 Å². The third kappa shape index (κ3) is 3.31. The van der Waals surface area contributed by atoms with Crippen molar-refractivity contribution in [3.05, 3.63) is 11.9 Å². The van der Waals surface area contributed by atoms with Gasteiger partial charge in [-0.05, 0) is 31.1 Å². The van der Waals surface area contributed by atoms with Crippen molar-refractivity contribution >= 4 is 0 Å². The Bertz CT molecular complexity index is 388. The summed E-state index contributed by atoms with van der Waals surface area (Å²) in [7, 11) is 1.86. The molecule has 0 bridgehead atoms. The van der Waals surface area contributed by atoms with Crippen molar-refractivity contribution in [2.75, 3.05) is 0 Å². The van der Waals surface area contributed by atoms with Crippen LogP contribution < -0.4 is 0 Å². The van der Waals surface area contributed by atoms with Gasteiger partial charge in [0.2, 0.25) is 0 Å². The van der Waals surface area contributed by atoms with E-state index in [0.29, 0.717) is 6.42 Å². The molecule has 0 aliphatic heterocycles. The van der Waals surface area contributed by atoms with Crippen LogP contribution >= 0.6 is 0 Å². The highest BCUT2D eigenvalue weighted by atomic mass is 16.3. The second kappa shape index (κ2) is 5.39. The first-order chi connectivity index (χ1) is 8.48. The lowest BCUT2D eigenvalue weighted by atomic mass is 9.86. The van der Waals surface area contributed by atoms with E-state index in [1.807, 2.05) is 13.2 Å². The standard InChI is InChI=1S/C14H25N3O/c1-11(2)12-5-4-7-14(18,8-6-12)9-13-10-17(3)16-15-13/h10-12,18H,4-9H2,1-3H3. The zero-order chi connectivity index (χ0) is 13.2. The summed E-state index contributed by atoms with van der Waals surface area (Å²) in [5.74, 6) is 1.49. The van der Waals surface area contributed by atoms with Crippen LogP contribution in [0.2, 0.25) is 0 Å². The highest BCUT2D eigenvalue weighted by Gasteiger charge is 2.32. The number of hydrogen-bond acceptors (Lipinski definition) is 3. The van der Waals surface area contributed by atoms with Crippen LogP contribution in [0.15, 0.2) is 6.20 Å². The molecule has 2 rings (SSSR count). The molecule has 0 spiro atoms. The number of hydrogen-bond donors (Lipinski definition) is 1. The van der Waals surface area contributed by atoms with Gasteiger partial charge in [-0.1, -0.05) is 31.9 Å². The van der Waals surface area contributed by atoms with Crippen LogP contribution in [0, 0.1) is 11.8 Å². The van der Waals surface area contributed by atoms with Crippen LogP contribution in [-0.4, -0.2) is 25.7 Å². The van der Waals surface area contributed by atoms with Gasteiger partial charge in [-0.25, -0.2) is 0 Å². The van der Waals surface area contributed by atoms with Gasteiger partial charge in [-0.2, -0.15) is 0 Å². The summed E-state index contributed by atoms with van der Waals surface area (Å²) in [6.45, 7) is 4.58. The molecule has 4 heteroatoms. The molecule has 1 aromatic rings. The van der Waals surface area contributed by atoms with E-state index in [0.717, 1.165) is 43.2 Å². The van der Waals surface area contributed by atoms with E-state index in [4.69, 9.17) is 0 Å². The lowest BCUT2D eigenvalue weighted by Crippen LogP contribution is -2.31. The maximum Gasteiger partial charge on any atom is 0.0855 e. The zero-order valence-electron chi connectivity index (χ0n) is 11.8. The second-order valence-corrected chi connectivity index (χ2v) is 6.22. The maximum atomic E-state index is 10.7. The SMILES string of the molecule is CC(C)C1CCCC(O)(Cc2cn(C)nn2)CC1. The summed E-state index contributed by atoms with van der Waals surface area (Å²) in [6, 6.07) is 0. The molecule has 1 aromatic heterocycles. The minimum Gasteiger partial charge on any atom is -0.389 e. The Balaban J connectivity index is 1.98.